The van der Waals surface area contributed by atoms with E-state index in [1.54, 1.807) is 0 Å². The molecular weight excluding hydrogens is 290 g/mol. The number of hydrogen-bond donors (Lipinski definition) is 0. The largest absolute Gasteiger partial charge is 0.339 e. The van der Waals surface area contributed by atoms with Gasteiger partial charge < -0.3 is 4.90 Å². The second-order valence-corrected chi connectivity index (χ2v) is 5.76. The Kier molecular flexibility index (Phi) is 10.8. The van der Waals surface area contributed by atoms with Gasteiger partial charge in [-0.05, 0) is 25.7 Å². The highest BCUT2D eigenvalue weighted by molar-refractivity contribution is 9.09. The van der Waals surface area contributed by atoms with Crippen LogP contribution in [0.2, 0.25) is 0 Å². The number of nitrogens with zero attached hydrogens (tertiary/aromatic N) is 1. The van der Waals surface area contributed by atoms with E-state index in [2.05, 4.69) is 48.5 Å². The van der Waals surface area contributed by atoms with E-state index in [1.165, 1.54) is 0 Å². The quantitative estimate of drug-likeness (QED) is 0.538. The van der Waals surface area contributed by atoms with Crippen LogP contribution in [0.3, 0.4) is 0 Å². The molecule has 0 aliphatic carbocycles. The van der Waals surface area contributed by atoms with Crippen molar-refractivity contribution in [1.29, 1.82) is 0 Å². The number of hydrogen-bond acceptors (Lipinski definition) is 1. The van der Waals surface area contributed by atoms with Crippen LogP contribution in [-0.2, 0) is 4.79 Å². The fourth-order valence-corrected chi connectivity index (χ4v) is 3.00. The lowest BCUT2D eigenvalue weighted by Crippen LogP contribution is -2.44. The molecular formula is C15H30BrNO. The highest BCUT2D eigenvalue weighted by Crippen LogP contribution is 2.20. The molecule has 2 nitrogen and oxygen atoms in total. The maximum atomic E-state index is 12.7. The average molecular weight is 320 g/mol. The third-order valence-corrected chi connectivity index (χ3v) is 3.97. The summed E-state index contributed by atoms with van der Waals surface area (Å²) in [4.78, 5) is 14.8. The Bertz CT molecular complexity index is 211. The highest BCUT2D eigenvalue weighted by Gasteiger charge is 2.26. The zero-order valence-electron chi connectivity index (χ0n) is 12.5. The summed E-state index contributed by atoms with van der Waals surface area (Å²) in [6, 6.07) is 0.409. The number of alkyl halides is 1. The van der Waals surface area contributed by atoms with E-state index in [-0.39, 0.29) is 5.92 Å². The van der Waals surface area contributed by atoms with Crippen LogP contribution in [-0.4, -0.2) is 28.7 Å². The lowest BCUT2D eigenvalue weighted by molar-refractivity contribution is -0.138. The van der Waals surface area contributed by atoms with Gasteiger partial charge in [0, 0.05) is 23.8 Å². The summed E-state index contributed by atoms with van der Waals surface area (Å²) >= 11 is 3.48. The van der Waals surface area contributed by atoms with Crippen molar-refractivity contribution in [3.05, 3.63) is 0 Å². The van der Waals surface area contributed by atoms with Crippen LogP contribution in [0.5, 0.6) is 0 Å². The number of carbonyl (C=O) groups excluding carboxylic acids is 1. The van der Waals surface area contributed by atoms with E-state index < -0.39 is 0 Å². The molecule has 3 heteroatoms. The molecule has 0 fully saturated rings. The van der Waals surface area contributed by atoms with Gasteiger partial charge in [-0.2, -0.15) is 0 Å². The van der Waals surface area contributed by atoms with Gasteiger partial charge in [-0.1, -0.05) is 56.5 Å². The Hall–Kier alpha value is -0.0500. The fraction of sp³-hybridized carbons (Fsp3) is 0.933. The second kappa shape index (κ2) is 10.8. The van der Waals surface area contributed by atoms with Gasteiger partial charge in [-0.25, -0.2) is 0 Å². The van der Waals surface area contributed by atoms with Gasteiger partial charge >= 0.3 is 0 Å². The molecule has 108 valence electrons. The predicted octanol–water partition coefficient (Wildman–Crippen LogP) is 4.61. The van der Waals surface area contributed by atoms with Crippen molar-refractivity contribution < 1.29 is 4.79 Å². The fourth-order valence-electron chi connectivity index (χ4n) is 2.62. The maximum absolute atomic E-state index is 12.7. The molecule has 0 bridgehead atoms. The van der Waals surface area contributed by atoms with Crippen molar-refractivity contribution in [3.8, 4) is 0 Å². The van der Waals surface area contributed by atoms with E-state index in [1.807, 2.05) is 0 Å². The first-order valence-corrected chi connectivity index (χ1v) is 8.64. The van der Waals surface area contributed by atoms with Crippen LogP contribution >= 0.6 is 15.9 Å². The van der Waals surface area contributed by atoms with Gasteiger partial charge in [-0.15, -0.1) is 0 Å². The first-order valence-electron chi connectivity index (χ1n) is 7.52. The van der Waals surface area contributed by atoms with Crippen LogP contribution < -0.4 is 0 Å². The number of rotatable bonds is 10. The summed E-state index contributed by atoms with van der Waals surface area (Å²) in [5, 5.41) is 0.875. The van der Waals surface area contributed by atoms with E-state index in [9.17, 15) is 4.79 Å². The minimum absolute atomic E-state index is 0.236. The van der Waals surface area contributed by atoms with Crippen molar-refractivity contribution in [2.24, 2.45) is 5.92 Å². The van der Waals surface area contributed by atoms with Crippen LogP contribution in [0.1, 0.15) is 66.2 Å². The molecule has 18 heavy (non-hydrogen) atoms. The Balaban J connectivity index is 4.78. The third-order valence-electron chi connectivity index (χ3n) is 3.62. The van der Waals surface area contributed by atoms with Crippen molar-refractivity contribution in [2.75, 3.05) is 11.9 Å². The zero-order chi connectivity index (χ0) is 14.0. The predicted molar refractivity (Wildman–Crippen MR) is 83.2 cm³/mol. The molecule has 0 unspecified atom stereocenters. The van der Waals surface area contributed by atoms with Crippen molar-refractivity contribution in [1.82, 2.24) is 4.90 Å². The van der Waals surface area contributed by atoms with E-state index in [0.717, 1.165) is 50.4 Å². The summed E-state index contributed by atoms with van der Waals surface area (Å²) in [7, 11) is 0. The van der Waals surface area contributed by atoms with Crippen LogP contribution in [0.25, 0.3) is 0 Å². The van der Waals surface area contributed by atoms with Gasteiger partial charge in [0.25, 0.3) is 0 Å². The van der Waals surface area contributed by atoms with Gasteiger partial charge in [0.1, 0.15) is 0 Å². The highest BCUT2D eigenvalue weighted by atomic mass is 79.9. The van der Waals surface area contributed by atoms with E-state index >= 15 is 0 Å². The molecule has 0 spiro atoms. The molecule has 0 atom stereocenters. The average Bonchev–Trinajstić information content (AvgIpc) is 2.38. The normalized spacial score (nSPS) is 11.3. The number of halogens is 1. The van der Waals surface area contributed by atoms with E-state index in [0.29, 0.717) is 11.9 Å². The third kappa shape index (κ3) is 5.73. The molecule has 0 aromatic carbocycles. The second-order valence-electron chi connectivity index (χ2n) is 4.97. The minimum Gasteiger partial charge on any atom is -0.339 e. The van der Waals surface area contributed by atoms with Gasteiger partial charge in [0.15, 0.2) is 0 Å². The van der Waals surface area contributed by atoms with Gasteiger partial charge in [0.05, 0.1) is 0 Å². The van der Waals surface area contributed by atoms with Crippen molar-refractivity contribution in [3.63, 3.8) is 0 Å². The first kappa shape index (κ1) is 17.9. The Labute approximate surface area is 122 Å². The molecule has 0 heterocycles. The lowest BCUT2D eigenvalue weighted by Gasteiger charge is -2.33. The van der Waals surface area contributed by atoms with E-state index in [4.69, 9.17) is 0 Å². The molecule has 0 aromatic heterocycles. The molecule has 0 radical (unpaired) electrons. The van der Waals surface area contributed by atoms with Crippen molar-refractivity contribution >= 4 is 21.8 Å². The molecule has 0 saturated heterocycles. The molecule has 1 amide bonds. The summed E-state index contributed by atoms with van der Waals surface area (Å²) < 4.78 is 0. The molecule has 0 N–H and O–H groups in total. The molecule has 0 aromatic rings. The summed E-state index contributed by atoms with van der Waals surface area (Å²) in [5.74, 6) is 0.617. The molecule has 0 aliphatic rings. The summed E-state index contributed by atoms with van der Waals surface area (Å²) in [6.45, 7) is 9.54. The topological polar surface area (TPSA) is 20.3 Å². The summed E-state index contributed by atoms with van der Waals surface area (Å²) in [5.41, 5.74) is 0. The molecule has 0 aliphatic heterocycles. The smallest absolute Gasteiger partial charge is 0.225 e. The number of carbonyl (C=O) groups is 1. The monoisotopic (exact) mass is 319 g/mol. The maximum Gasteiger partial charge on any atom is 0.225 e. The van der Waals surface area contributed by atoms with Gasteiger partial charge in [0.2, 0.25) is 5.91 Å². The standard InChI is InChI=1S/C15H30BrNO/c1-5-9-13(10-6-2)15(18)17(12-11-16)14(7-3)8-4/h13-14H,5-12H2,1-4H3. The van der Waals surface area contributed by atoms with Crippen LogP contribution in [0, 0.1) is 5.92 Å². The van der Waals surface area contributed by atoms with Gasteiger partial charge in [-0.3, -0.25) is 4.79 Å². The van der Waals surface area contributed by atoms with Crippen molar-refractivity contribution in [2.45, 2.75) is 72.3 Å². The Morgan fingerprint density at radius 1 is 1.06 bits per heavy atom. The SMILES string of the molecule is CCCC(CCC)C(=O)N(CCBr)C(CC)CC. The molecule has 0 rings (SSSR count). The molecule has 0 saturated carbocycles. The Morgan fingerprint density at radius 3 is 1.89 bits per heavy atom. The number of amides is 1. The summed E-state index contributed by atoms with van der Waals surface area (Å²) in [6.07, 6.45) is 6.38. The Morgan fingerprint density at radius 2 is 1.56 bits per heavy atom. The van der Waals surface area contributed by atoms with Crippen LogP contribution in [0.4, 0.5) is 0 Å². The zero-order valence-corrected chi connectivity index (χ0v) is 14.1. The lowest BCUT2D eigenvalue weighted by atomic mass is 9.95. The first-order chi connectivity index (χ1) is 8.65. The van der Waals surface area contributed by atoms with Crippen LogP contribution in [0.15, 0.2) is 0 Å². The minimum atomic E-state index is 0.236.